The van der Waals surface area contributed by atoms with E-state index in [4.69, 9.17) is 5.73 Å². The Bertz CT molecular complexity index is 632. The number of nitrogens with one attached hydrogen (secondary N) is 2. The number of likely N-dealkylation sites (tertiary alicyclic amines) is 1. The molecule has 1 aliphatic heterocycles. The second-order valence-electron chi connectivity index (χ2n) is 5.15. The van der Waals surface area contributed by atoms with E-state index in [1.807, 2.05) is 4.90 Å². The van der Waals surface area contributed by atoms with Gasteiger partial charge in [0.2, 0.25) is 11.9 Å². The number of carbonyl (C=O) groups excluding carboxylic acids is 1. The Kier molecular flexibility index (Phi) is 3.85. The Morgan fingerprint density at radius 3 is 2.95 bits per heavy atom. The topological polar surface area (TPSA) is 113 Å². The summed E-state index contributed by atoms with van der Waals surface area (Å²) in [6.07, 6.45) is 5.43. The van der Waals surface area contributed by atoms with Gasteiger partial charge in [0.15, 0.2) is 11.5 Å². The molecule has 0 saturated carbocycles. The number of fused-ring (bicyclic) bond motifs is 1. The van der Waals surface area contributed by atoms with Crippen molar-refractivity contribution in [3.8, 4) is 0 Å². The van der Waals surface area contributed by atoms with E-state index >= 15 is 0 Å². The number of piperidine rings is 1. The molecule has 1 saturated heterocycles. The Morgan fingerprint density at radius 1 is 1.33 bits per heavy atom. The van der Waals surface area contributed by atoms with Gasteiger partial charge in [0.1, 0.15) is 5.52 Å². The van der Waals surface area contributed by atoms with Crippen LogP contribution >= 0.6 is 0 Å². The summed E-state index contributed by atoms with van der Waals surface area (Å²) in [5, 5.41) is 3.13. The SMILES string of the molecule is Nc1nc(NCCC(=O)N2CCCCC2)c2[nH]cnc2n1. The van der Waals surface area contributed by atoms with Crippen LogP contribution < -0.4 is 11.1 Å². The fraction of sp³-hybridized carbons (Fsp3) is 0.538. The second-order valence-corrected chi connectivity index (χ2v) is 5.15. The van der Waals surface area contributed by atoms with E-state index in [1.54, 1.807) is 6.33 Å². The Morgan fingerprint density at radius 2 is 2.14 bits per heavy atom. The van der Waals surface area contributed by atoms with Gasteiger partial charge in [-0.05, 0) is 19.3 Å². The maximum atomic E-state index is 12.1. The normalized spacial score (nSPS) is 15.3. The lowest BCUT2D eigenvalue weighted by molar-refractivity contribution is -0.131. The average Bonchev–Trinajstić information content (AvgIpc) is 2.96. The summed E-state index contributed by atoms with van der Waals surface area (Å²) in [6.45, 7) is 2.27. The largest absolute Gasteiger partial charge is 0.368 e. The van der Waals surface area contributed by atoms with Crippen LogP contribution in [0.15, 0.2) is 6.33 Å². The van der Waals surface area contributed by atoms with Gasteiger partial charge < -0.3 is 20.9 Å². The van der Waals surface area contributed by atoms with Crippen LogP contribution in [0.2, 0.25) is 0 Å². The van der Waals surface area contributed by atoms with Gasteiger partial charge >= 0.3 is 0 Å². The number of hydrogen-bond donors (Lipinski definition) is 3. The number of amides is 1. The minimum Gasteiger partial charge on any atom is -0.368 e. The zero-order chi connectivity index (χ0) is 14.7. The highest BCUT2D eigenvalue weighted by atomic mass is 16.2. The average molecular weight is 289 g/mol. The predicted octanol–water partition coefficient (Wildman–Crippen LogP) is 0.750. The summed E-state index contributed by atoms with van der Waals surface area (Å²) < 4.78 is 0. The van der Waals surface area contributed by atoms with Gasteiger partial charge in [-0.2, -0.15) is 9.97 Å². The van der Waals surface area contributed by atoms with Crippen LogP contribution in [-0.4, -0.2) is 50.4 Å². The number of nitrogens with zero attached hydrogens (tertiary/aromatic N) is 4. The van der Waals surface area contributed by atoms with E-state index in [2.05, 4.69) is 25.3 Å². The lowest BCUT2D eigenvalue weighted by atomic mass is 10.1. The van der Waals surface area contributed by atoms with Crippen LogP contribution in [0.4, 0.5) is 11.8 Å². The highest BCUT2D eigenvalue weighted by molar-refractivity contribution is 5.84. The lowest BCUT2D eigenvalue weighted by Gasteiger charge is -2.26. The standard InChI is InChI=1S/C13H19N7O/c14-13-18-11(10-12(19-13)17-8-16-10)15-5-4-9(21)20-6-2-1-3-7-20/h8H,1-7H2,(H4,14,15,16,17,18,19). The van der Waals surface area contributed by atoms with Gasteiger partial charge in [0.25, 0.3) is 0 Å². The van der Waals surface area contributed by atoms with Gasteiger partial charge in [-0.3, -0.25) is 4.79 Å². The third-order valence-electron chi connectivity index (χ3n) is 3.64. The van der Waals surface area contributed by atoms with Crippen molar-refractivity contribution in [1.82, 2.24) is 24.8 Å². The molecule has 0 aliphatic carbocycles. The molecular formula is C13H19N7O. The number of nitrogen functional groups attached to an aromatic ring is 1. The quantitative estimate of drug-likeness (QED) is 0.765. The molecule has 3 rings (SSSR count). The molecule has 1 aliphatic rings. The Hall–Kier alpha value is -2.38. The molecule has 21 heavy (non-hydrogen) atoms. The fourth-order valence-corrected chi connectivity index (χ4v) is 2.57. The van der Waals surface area contributed by atoms with Crippen LogP contribution in [0.3, 0.4) is 0 Å². The van der Waals surface area contributed by atoms with E-state index < -0.39 is 0 Å². The van der Waals surface area contributed by atoms with Gasteiger partial charge in [-0.25, -0.2) is 4.98 Å². The summed E-state index contributed by atoms with van der Waals surface area (Å²) in [5.41, 5.74) is 6.87. The monoisotopic (exact) mass is 289 g/mol. The molecule has 0 atom stereocenters. The van der Waals surface area contributed by atoms with Gasteiger partial charge in [-0.15, -0.1) is 0 Å². The minimum atomic E-state index is 0.166. The minimum absolute atomic E-state index is 0.166. The Labute approximate surface area is 122 Å². The van der Waals surface area contributed by atoms with Crippen molar-refractivity contribution in [3.05, 3.63) is 6.33 Å². The third kappa shape index (κ3) is 3.04. The molecule has 0 bridgehead atoms. The Balaban J connectivity index is 1.59. The predicted molar refractivity (Wildman–Crippen MR) is 79.6 cm³/mol. The van der Waals surface area contributed by atoms with Crippen molar-refractivity contribution >= 4 is 28.8 Å². The van der Waals surface area contributed by atoms with Gasteiger partial charge in [-0.1, -0.05) is 0 Å². The highest BCUT2D eigenvalue weighted by Gasteiger charge is 2.16. The number of rotatable bonds is 4. The van der Waals surface area contributed by atoms with Crippen molar-refractivity contribution in [3.63, 3.8) is 0 Å². The van der Waals surface area contributed by atoms with Crippen LogP contribution in [0.1, 0.15) is 25.7 Å². The number of H-pyrrole nitrogens is 1. The number of aromatic amines is 1. The molecule has 2 aromatic heterocycles. The fourth-order valence-electron chi connectivity index (χ4n) is 2.57. The summed E-state index contributed by atoms with van der Waals surface area (Å²) in [4.78, 5) is 29.2. The molecule has 2 aromatic rings. The van der Waals surface area contributed by atoms with Gasteiger partial charge in [0, 0.05) is 26.1 Å². The summed E-state index contributed by atoms with van der Waals surface area (Å²) >= 11 is 0. The van der Waals surface area contributed by atoms with E-state index in [1.165, 1.54) is 6.42 Å². The van der Waals surface area contributed by atoms with Gasteiger partial charge in [0.05, 0.1) is 6.33 Å². The smallest absolute Gasteiger partial charge is 0.224 e. The molecule has 0 spiro atoms. The number of nitrogens with two attached hydrogens (primary N) is 1. The lowest BCUT2D eigenvalue weighted by Crippen LogP contribution is -2.36. The van der Waals surface area contributed by atoms with Crippen LogP contribution in [0.25, 0.3) is 11.2 Å². The molecule has 0 aromatic carbocycles. The molecule has 0 unspecified atom stereocenters. The first kappa shape index (κ1) is 13.6. The van der Waals surface area contributed by atoms with Crippen LogP contribution in [-0.2, 0) is 4.79 Å². The number of imidazole rings is 1. The first-order valence-electron chi connectivity index (χ1n) is 7.22. The van der Waals surface area contributed by atoms with Crippen molar-refractivity contribution < 1.29 is 4.79 Å². The van der Waals surface area contributed by atoms with E-state index in [0.29, 0.717) is 29.9 Å². The van der Waals surface area contributed by atoms with Crippen LogP contribution in [0.5, 0.6) is 0 Å². The molecular weight excluding hydrogens is 270 g/mol. The molecule has 1 fully saturated rings. The number of hydrogen-bond acceptors (Lipinski definition) is 6. The number of aromatic nitrogens is 4. The van der Waals surface area contributed by atoms with E-state index in [9.17, 15) is 4.79 Å². The maximum Gasteiger partial charge on any atom is 0.224 e. The molecule has 0 radical (unpaired) electrons. The summed E-state index contributed by atoms with van der Waals surface area (Å²) in [5.74, 6) is 0.936. The first-order valence-corrected chi connectivity index (χ1v) is 7.22. The second kappa shape index (κ2) is 5.94. The third-order valence-corrected chi connectivity index (χ3v) is 3.64. The maximum absolute atomic E-state index is 12.1. The molecule has 8 heteroatoms. The molecule has 3 heterocycles. The van der Waals surface area contributed by atoms with Crippen molar-refractivity contribution in [2.45, 2.75) is 25.7 Å². The molecule has 1 amide bonds. The molecule has 112 valence electrons. The zero-order valence-corrected chi connectivity index (χ0v) is 11.8. The highest BCUT2D eigenvalue weighted by Crippen LogP contribution is 2.17. The van der Waals surface area contributed by atoms with Crippen molar-refractivity contribution in [2.75, 3.05) is 30.7 Å². The number of carbonyl (C=O) groups is 1. The molecule has 8 nitrogen and oxygen atoms in total. The summed E-state index contributed by atoms with van der Waals surface area (Å²) in [7, 11) is 0. The van der Waals surface area contributed by atoms with Crippen molar-refractivity contribution in [2.24, 2.45) is 0 Å². The van der Waals surface area contributed by atoms with E-state index in [0.717, 1.165) is 25.9 Å². The van der Waals surface area contributed by atoms with E-state index in [-0.39, 0.29) is 11.9 Å². The summed E-state index contributed by atoms with van der Waals surface area (Å²) in [6, 6.07) is 0. The van der Waals surface area contributed by atoms with Crippen molar-refractivity contribution in [1.29, 1.82) is 0 Å². The number of anilines is 2. The molecule has 4 N–H and O–H groups in total. The first-order chi connectivity index (χ1) is 10.2. The van der Waals surface area contributed by atoms with Crippen LogP contribution in [0, 0.1) is 0 Å². The zero-order valence-electron chi connectivity index (χ0n) is 11.8.